The third-order valence-electron chi connectivity index (χ3n) is 6.03. The molecule has 0 aliphatic heterocycles. The van der Waals surface area contributed by atoms with E-state index in [1.165, 1.54) is 30.4 Å². The van der Waals surface area contributed by atoms with E-state index in [-0.39, 0.29) is 0 Å². The molecule has 3 atom stereocenters. The van der Waals surface area contributed by atoms with E-state index in [0.29, 0.717) is 17.9 Å². The lowest BCUT2D eigenvalue weighted by Gasteiger charge is -2.26. The fourth-order valence-corrected chi connectivity index (χ4v) is 4.47. The predicted molar refractivity (Wildman–Crippen MR) is 105 cm³/mol. The van der Waals surface area contributed by atoms with Gasteiger partial charge in [-0.25, -0.2) is 0 Å². The van der Waals surface area contributed by atoms with Gasteiger partial charge in [0, 0.05) is 12.1 Å². The van der Waals surface area contributed by atoms with Crippen LogP contribution in [0, 0.1) is 5.92 Å². The number of methoxy groups -OCH3 is 1. The van der Waals surface area contributed by atoms with Gasteiger partial charge in [-0.3, -0.25) is 0 Å². The van der Waals surface area contributed by atoms with Crippen LogP contribution in [0.25, 0.3) is 0 Å². The third-order valence-corrected chi connectivity index (χ3v) is 6.03. The second-order valence-electron chi connectivity index (χ2n) is 7.90. The van der Waals surface area contributed by atoms with E-state index in [1.54, 1.807) is 12.7 Å². The number of aryl methyl sites for hydroxylation is 1. The number of hydrogen-bond acceptors (Lipinski definition) is 3. The SMILES string of the molecule is COc1cccc(OCC2CCc3cc(C4CCC(N)C4)ccc3C2)c1. The monoisotopic (exact) mass is 351 g/mol. The van der Waals surface area contributed by atoms with Crippen LogP contribution in [0.15, 0.2) is 42.5 Å². The zero-order chi connectivity index (χ0) is 17.9. The van der Waals surface area contributed by atoms with Gasteiger partial charge < -0.3 is 15.2 Å². The molecule has 0 saturated heterocycles. The number of benzene rings is 2. The third kappa shape index (κ3) is 3.88. The fraction of sp³-hybridized carbons (Fsp3) is 0.478. The fourth-order valence-electron chi connectivity index (χ4n) is 4.47. The van der Waals surface area contributed by atoms with Crippen LogP contribution in [0.4, 0.5) is 0 Å². The van der Waals surface area contributed by atoms with Gasteiger partial charge in [0.2, 0.25) is 0 Å². The lowest BCUT2D eigenvalue weighted by atomic mass is 9.82. The van der Waals surface area contributed by atoms with Gasteiger partial charge in [-0.2, -0.15) is 0 Å². The highest BCUT2D eigenvalue weighted by Gasteiger charge is 2.25. The van der Waals surface area contributed by atoms with E-state index in [1.807, 2.05) is 24.3 Å². The molecular weight excluding hydrogens is 322 g/mol. The topological polar surface area (TPSA) is 44.5 Å². The van der Waals surface area contributed by atoms with E-state index in [4.69, 9.17) is 15.2 Å². The van der Waals surface area contributed by atoms with Crippen molar-refractivity contribution in [1.29, 1.82) is 0 Å². The van der Waals surface area contributed by atoms with Gasteiger partial charge in [-0.15, -0.1) is 0 Å². The Balaban J connectivity index is 1.37. The summed E-state index contributed by atoms with van der Waals surface area (Å²) in [5, 5.41) is 0. The Labute approximate surface area is 156 Å². The van der Waals surface area contributed by atoms with Crippen LogP contribution >= 0.6 is 0 Å². The number of rotatable bonds is 5. The molecule has 0 spiro atoms. The Hall–Kier alpha value is -2.00. The lowest BCUT2D eigenvalue weighted by Crippen LogP contribution is -2.21. The largest absolute Gasteiger partial charge is 0.497 e. The Kier molecular flexibility index (Phi) is 5.16. The molecule has 138 valence electrons. The molecule has 2 aliphatic carbocycles. The zero-order valence-corrected chi connectivity index (χ0v) is 15.6. The Morgan fingerprint density at radius 1 is 1.00 bits per heavy atom. The van der Waals surface area contributed by atoms with Crippen molar-refractivity contribution in [3.8, 4) is 11.5 Å². The summed E-state index contributed by atoms with van der Waals surface area (Å²) in [5.74, 6) is 2.99. The maximum absolute atomic E-state index is 6.10. The summed E-state index contributed by atoms with van der Waals surface area (Å²) in [6.45, 7) is 0.770. The average Bonchev–Trinajstić information content (AvgIpc) is 3.12. The van der Waals surface area contributed by atoms with Gasteiger partial charge in [-0.05, 0) is 79.2 Å². The van der Waals surface area contributed by atoms with Crippen LogP contribution in [-0.4, -0.2) is 19.8 Å². The average molecular weight is 351 g/mol. The van der Waals surface area contributed by atoms with Crippen molar-refractivity contribution in [3.05, 3.63) is 59.2 Å². The highest BCUT2D eigenvalue weighted by atomic mass is 16.5. The standard InChI is InChI=1S/C23H29NO2/c1-25-22-3-2-4-23(14-22)26-15-16-5-6-18-12-19(8-7-17(18)11-16)20-9-10-21(24)13-20/h2-4,7-8,12,14,16,20-21H,5-6,9-11,13,15,24H2,1H3. The number of nitrogens with two attached hydrogens (primary N) is 1. The highest BCUT2D eigenvalue weighted by molar-refractivity contribution is 5.36. The number of fused-ring (bicyclic) bond motifs is 1. The molecule has 3 nitrogen and oxygen atoms in total. The van der Waals surface area contributed by atoms with Crippen LogP contribution < -0.4 is 15.2 Å². The second kappa shape index (κ2) is 7.71. The minimum atomic E-state index is 0.397. The maximum Gasteiger partial charge on any atom is 0.122 e. The van der Waals surface area contributed by atoms with Crippen molar-refractivity contribution in [2.75, 3.05) is 13.7 Å². The molecule has 1 saturated carbocycles. The molecule has 2 aromatic rings. The first-order valence-electron chi connectivity index (χ1n) is 9.85. The van der Waals surface area contributed by atoms with Crippen LogP contribution in [0.2, 0.25) is 0 Å². The molecule has 3 unspecified atom stereocenters. The first-order valence-corrected chi connectivity index (χ1v) is 9.85. The van der Waals surface area contributed by atoms with Gasteiger partial charge in [0.05, 0.1) is 13.7 Å². The molecular formula is C23H29NO2. The normalized spacial score (nSPS) is 24.9. The van der Waals surface area contributed by atoms with Gasteiger partial charge >= 0.3 is 0 Å². The van der Waals surface area contributed by atoms with Crippen LogP contribution in [0.1, 0.15) is 48.3 Å². The van der Waals surface area contributed by atoms with E-state index >= 15 is 0 Å². The van der Waals surface area contributed by atoms with Crippen LogP contribution in [-0.2, 0) is 12.8 Å². The molecule has 2 aromatic carbocycles. The maximum atomic E-state index is 6.10. The summed E-state index contributed by atoms with van der Waals surface area (Å²) < 4.78 is 11.3. The Morgan fingerprint density at radius 3 is 2.69 bits per heavy atom. The zero-order valence-electron chi connectivity index (χ0n) is 15.6. The molecule has 0 amide bonds. The van der Waals surface area contributed by atoms with Gasteiger partial charge in [0.1, 0.15) is 11.5 Å². The van der Waals surface area contributed by atoms with Crippen molar-refractivity contribution >= 4 is 0 Å². The molecule has 0 heterocycles. The Bertz CT molecular complexity index is 758. The van der Waals surface area contributed by atoms with E-state index in [0.717, 1.165) is 37.4 Å². The van der Waals surface area contributed by atoms with E-state index < -0.39 is 0 Å². The summed E-state index contributed by atoms with van der Waals surface area (Å²) >= 11 is 0. The molecule has 2 N–H and O–H groups in total. The van der Waals surface area contributed by atoms with Crippen LogP contribution in [0.3, 0.4) is 0 Å². The molecule has 0 bridgehead atoms. The summed E-state index contributed by atoms with van der Waals surface area (Å²) in [4.78, 5) is 0. The van der Waals surface area contributed by atoms with Crippen molar-refractivity contribution in [3.63, 3.8) is 0 Å². The first-order chi connectivity index (χ1) is 12.7. The highest BCUT2D eigenvalue weighted by Crippen LogP contribution is 2.36. The first kappa shape index (κ1) is 17.4. The quantitative estimate of drug-likeness (QED) is 0.864. The number of hydrogen-bond donors (Lipinski definition) is 1. The van der Waals surface area contributed by atoms with Gasteiger partial charge in [0.15, 0.2) is 0 Å². The molecule has 0 aromatic heterocycles. The van der Waals surface area contributed by atoms with Crippen molar-refractivity contribution in [1.82, 2.24) is 0 Å². The molecule has 26 heavy (non-hydrogen) atoms. The van der Waals surface area contributed by atoms with E-state index in [9.17, 15) is 0 Å². The smallest absolute Gasteiger partial charge is 0.122 e. The summed E-state index contributed by atoms with van der Waals surface area (Å²) in [5.41, 5.74) is 10.6. The molecule has 3 heteroatoms. The minimum absolute atomic E-state index is 0.397. The van der Waals surface area contributed by atoms with Crippen molar-refractivity contribution < 1.29 is 9.47 Å². The van der Waals surface area contributed by atoms with Gasteiger partial charge in [-0.1, -0.05) is 24.3 Å². The molecule has 2 aliphatic rings. The lowest BCUT2D eigenvalue weighted by molar-refractivity contribution is 0.233. The van der Waals surface area contributed by atoms with Crippen molar-refractivity contribution in [2.45, 2.75) is 50.5 Å². The van der Waals surface area contributed by atoms with Gasteiger partial charge in [0.25, 0.3) is 0 Å². The van der Waals surface area contributed by atoms with Crippen LogP contribution in [0.5, 0.6) is 11.5 Å². The number of ether oxygens (including phenoxy) is 2. The second-order valence-corrected chi connectivity index (χ2v) is 7.90. The summed E-state index contributed by atoms with van der Waals surface area (Å²) in [7, 11) is 1.69. The molecule has 0 radical (unpaired) electrons. The minimum Gasteiger partial charge on any atom is -0.497 e. The molecule has 1 fully saturated rings. The Morgan fingerprint density at radius 2 is 1.88 bits per heavy atom. The molecule has 4 rings (SSSR count). The van der Waals surface area contributed by atoms with E-state index in [2.05, 4.69) is 18.2 Å². The summed E-state index contributed by atoms with van der Waals surface area (Å²) in [6, 6.07) is 15.4. The van der Waals surface area contributed by atoms with Crippen molar-refractivity contribution in [2.24, 2.45) is 11.7 Å². The summed E-state index contributed by atoms with van der Waals surface area (Å²) in [6.07, 6.45) is 7.04. The predicted octanol–water partition coefficient (Wildman–Crippen LogP) is 4.47.